The largest absolute Gasteiger partial charge is 0.359 e. The van der Waals surface area contributed by atoms with E-state index in [2.05, 4.69) is 10.6 Å². The van der Waals surface area contributed by atoms with E-state index in [-0.39, 0.29) is 18.4 Å². The Bertz CT molecular complexity index is 524. The van der Waals surface area contributed by atoms with Crippen molar-refractivity contribution in [1.82, 2.24) is 10.2 Å². The Hall–Kier alpha value is -2.04. The van der Waals surface area contributed by atoms with Crippen LogP contribution in [0.4, 0.5) is 10.5 Å². The molecule has 0 saturated heterocycles. The second-order valence-corrected chi connectivity index (χ2v) is 5.97. The van der Waals surface area contributed by atoms with Gasteiger partial charge in [0.25, 0.3) is 0 Å². The van der Waals surface area contributed by atoms with Crippen molar-refractivity contribution in [3.8, 4) is 0 Å². The van der Waals surface area contributed by atoms with Crippen molar-refractivity contribution < 1.29 is 9.59 Å². The maximum Gasteiger partial charge on any atom is 0.321 e. The van der Waals surface area contributed by atoms with Gasteiger partial charge in [-0.3, -0.25) is 4.79 Å². The number of carbonyl (C=O) groups is 2. The van der Waals surface area contributed by atoms with Crippen LogP contribution in [0.15, 0.2) is 24.3 Å². The molecule has 5 nitrogen and oxygen atoms in total. The van der Waals surface area contributed by atoms with E-state index in [4.69, 9.17) is 0 Å². The highest BCUT2D eigenvalue weighted by molar-refractivity contribution is 5.91. The molecule has 0 bridgehead atoms. The number of hydrogen-bond acceptors (Lipinski definition) is 2. The van der Waals surface area contributed by atoms with Crippen molar-refractivity contribution in [3.63, 3.8) is 0 Å². The zero-order valence-electron chi connectivity index (χ0n) is 13.4. The number of hydrogen-bond donors (Lipinski definition) is 2. The molecule has 1 aromatic rings. The molecule has 0 spiro atoms. The van der Waals surface area contributed by atoms with E-state index in [0.717, 1.165) is 12.1 Å². The standard InChI is InChI=1S/C17H25N3O2/c1-18-16(21)11-14-9-5-6-10-15(14)19-17(22)20(2)12-13-7-3-4-8-13/h5-6,9-10,13H,3-4,7-8,11-12H2,1-2H3,(H,18,21)(H,19,22). The van der Waals surface area contributed by atoms with Crippen molar-refractivity contribution >= 4 is 17.6 Å². The molecule has 2 N–H and O–H groups in total. The Balaban J connectivity index is 1.96. The highest BCUT2D eigenvalue weighted by Gasteiger charge is 2.20. The summed E-state index contributed by atoms with van der Waals surface area (Å²) in [6.07, 6.45) is 5.24. The number of likely N-dealkylation sites (N-methyl/N-ethyl adjacent to an activating group) is 1. The number of carbonyl (C=O) groups excluding carboxylic acids is 2. The normalized spacial score (nSPS) is 14.6. The van der Waals surface area contributed by atoms with Gasteiger partial charge in [-0.15, -0.1) is 0 Å². The van der Waals surface area contributed by atoms with E-state index in [1.165, 1.54) is 25.7 Å². The van der Waals surface area contributed by atoms with E-state index in [0.29, 0.717) is 11.6 Å². The van der Waals surface area contributed by atoms with Crippen molar-refractivity contribution in [2.75, 3.05) is 26.0 Å². The summed E-state index contributed by atoms with van der Waals surface area (Å²) in [4.78, 5) is 25.6. The van der Waals surface area contributed by atoms with E-state index in [1.807, 2.05) is 31.3 Å². The van der Waals surface area contributed by atoms with Crippen LogP contribution in [0, 0.1) is 5.92 Å². The molecule has 0 radical (unpaired) electrons. The van der Waals surface area contributed by atoms with Crippen LogP contribution in [0.2, 0.25) is 0 Å². The Kier molecular flexibility index (Phi) is 5.81. The molecule has 0 aliphatic heterocycles. The van der Waals surface area contributed by atoms with Crippen molar-refractivity contribution in [2.45, 2.75) is 32.1 Å². The Morgan fingerprint density at radius 3 is 2.59 bits per heavy atom. The highest BCUT2D eigenvalue weighted by atomic mass is 16.2. The lowest BCUT2D eigenvalue weighted by molar-refractivity contribution is -0.119. The zero-order valence-corrected chi connectivity index (χ0v) is 13.4. The lowest BCUT2D eigenvalue weighted by Crippen LogP contribution is -2.35. The minimum atomic E-state index is -0.115. The first-order valence-corrected chi connectivity index (χ1v) is 7.90. The van der Waals surface area contributed by atoms with Gasteiger partial charge in [0.05, 0.1) is 6.42 Å². The molecule has 1 aromatic carbocycles. The lowest BCUT2D eigenvalue weighted by atomic mass is 10.1. The van der Waals surface area contributed by atoms with Crippen LogP contribution in [-0.4, -0.2) is 37.5 Å². The molecular weight excluding hydrogens is 278 g/mol. The molecule has 5 heteroatoms. The predicted octanol–water partition coefficient (Wildman–Crippen LogP) is 2.63. The van der Waals surface area contributed by atoms with Gasteiger partial charge in [-0.05, 0) is 30.4 Å². The van der Waals surface area contributed by atoms with E-state index >= 15 is 0 Å². The zero-order chi connectivity index (χ0) is 15.9. The van der Waals surface area contributed by atoms with Crippen molar-refractivity contribution in [3.05, 3.63) is 29.8 Å². The van der Waals surface area contributed by atoms with Crippen molar-refractivity contribution in [1.29, 1.82) is 0 Å². The number of para-hydroxylation sites is 1. The van der Waals surface area contributed by atoms with Gasteiger partial charge in [-0.2, -0.15) is 0 Å². The molecule has 0 aromatic heterocycles. The van der Waals surface area contributed by atoms with Gasteiger partial charge in [0, 0.05) is 26.3 Å². The number of amides is 3. The number of nitrogens with zero attached hydrogens (tertiary/aromatic N) is 1. The molecule has 0 heterocycles. The molecule has 1 aliphatic rings. The van der Waals surface area contributed by atoms with Gasteiger partial charge in [-0.25, -0.2) is 4.79 Å². The second-order valence-electron chi connectivity index (χ2n) is 5.97. The Labute approximate surface area is 132 Å². The first kappa shape index (κ1) is 16.3. The average molecular weight is 303 g/mol. The molecule has 0 unspecified atom stereocenters. The van der Waals surface area contributed by atoms with E-state index in [1.54, 1.807) is 11.9 Å². The molecule has 1 saturated carbocycles. The SMILES string of the molecule is CNC(=O)Cc1ccccc1NC(=O)N(C)CC1CCCC1. The molecule has 1 aliphatic carbocycles. The summed E-state index contributed by atoms with van der Waals surface area (Å²) < 4.78 is 0. The Morgan fingerprint density at radius 1 is 1.23 bits per heavy atom. The fourth-order valence-electron chi connectivity index (χ4n) is 2.93. The van der Waals surface area contributed by atoms with Gasteiger partial charge < -0.3 is 15.5 Å². The molecule has 22 heavy (non-hydrogen) atoms. The maximum atomic E-state index is 12.3. The summed E-state index contributed by atoms with van der Waals surface area (Å²) in [7, 11) is 3.44. The summed E-state index contributed by atoms with van der Waals surface area (Å²) in [5, 5.41) is 5.52. The van der Waals surface area contributed by atoms with Crippen LogP contribution in [0.5, 0.6) is 0 Å². The summed E-state index contributed by atoms with van der Waals surface area (Å²) in [5.41, 5.74) is 1.53. The third-order valence-electron chi connectivity index (χ3n) is 4.24. The highest BCUT2D eigenvalue weighted by Crippen LogP contribution is 2.25. The summed E-state index contributed by atoms with van der Waals surface area (Å²) in [5.74, 6) is 0.554. The quantitative estimate of drug-likeness (QED) is 0.878. The predicted molar refractivity (Wildman–Crippen MR) is 87.8 cm³/mol. The molecule has 0 atom stereocenters. The monoisotopic (exact) mass is 303 g/mol. The minimum Gasteiger partial charge on any atom is -0.359 e. The first-order chi connectivity index (χ1) is 10.6. The smallest absolute Gasteiger partial charge is 0.321 e. The lowest BCUT2D eigenvalue weighted by Gasteiger charge is -2.22. The number of urea groups is 1. The summed E-state index contributed by atoms with van der Waals surface area (Å²) in [6.45, 7) is 0.795. The van der Waals surface area contributed by atoms with Gasteiger partial charge in [0.15, 0.2) is 0 Å². The topological polar surface area (TPSA) is 61.4 Å². The average Bonchev–Trinajstić information content (AvgIpc) is 3.01. The van der Waals surface area contributed by atoms with Crippen LogP contribution in [0.3, 0.4) is 0 Å². The van der Waals surface area contributed by atoms with E-state index < -0.39 is 0 Å². The fourth-order valence-corrected chi connectivity index (χ4v) is 2.93. The molecule has 120 valence electrons. The molecule has 1 fully saturated rings. The van der Waals surface area contributed by atoms with Gasteiger partial charge >= 0.3 is 6.03 Å². The third-order valence-corrected chi connectivity index (χ3v) is 4.24. The van der Waals surface area contributed by atoms with Crippen LogP contribution >= 0.6 is 0 Å². The van der Waals surface area contributed by atoms with Crippen molar-refractivity contribution in [2.24, 2.45) is 5.92 Å². The number of rotatable bonds is 5. The number of anilines is 1. The molecular formula is C17H25N3O2. The maximum absolute atomic E-state index is 12.3. The molecule has 3 amide bonds. The van der Waals surface area contributed by atoms with Gasteiger partial charge in [0.1, 0.15) is 0 Å². The fraction of sp³-hybridized carbons (Fsp3) is 0.529. The summed E-state index contributed by atoms with van der Waals surface area (Å²) >= 11 is 0. The van der Waals surface area contributed by atoms with E-state index in [9.17, 15) is 9.59 Å². The van der Waals surface area contributed by atoms with Gasteiger partial charge in [-0.1, -0.05) is 31.0 Å². The summed E-state index contributed by atoms with van der Waals surface area (Å²) in [6, 6.07) is 7.31. The minimum absolute atomic E-state index is 0.0685. The van der Waals surface area contributed by atoms with Crippen LogP contribution in [-0.2, 0) is 11.2 Å². The number of benzene rings is 1. The van der Waals surface area contributed by atoms with Crippen LogP contribution in [0.25, 0.3) is 0 Å². The number of nitrogens with one attached hydrogen (secondary N) is 2. The van der Waals surface area contributed by atoms with Crippen LogP contribution in [0.1, 0.15) is 31.2 Å². The van der Waals surface area contributed by atoms with Gasteiger partial charge in [0.2, 0.25) is 5.91 Å². The first-order valence-electron chi connectivity index (χ1n) is 7.90. The Morgan fingerprint density at radius 2 is 1.91 bits per heavy atom. The second kappa shape index (κ2) is 7.82. The third kappa shape index (κ3) is 4.48. The molecule has 2 rings (SSSR count). The van der Waals surface area contributed by atoms with Crippen LogP contribution < -0.4 is 10.6 Å².